The third kappa shape index (κ3) is 6.04. The Labute approximate surface area is 227 Å². The molecule has 39 heavy (non-hydrogen) atoms. The maximum absolute atomic E-state index is 13.1. The number of fused-ring (bicyclic) bond motifs is 3. The Morgan fingerprint density at radius 1 is 1.03 bits per heavy atom. The smallest absolute Gasteiger partial charge is 0.337 e. The zero-order valence-corrected chi connectivity index (χ0v) is 22.2. The number of nitrogens with one attached hydrogen (secondary N) is 3. The Morgan fingerprint density at radius 3 is 2.36 bits per heavy atom. The number of sulfonamides is 1. The lowest BCUT2D eigenvalue weighted by atomic mass is 9.78. The van der Waals surface area contributed by atoms with E-state index in [-0.39, 0.29) is 41.7 Å². The van der Waals surface area contributed by atoms with E-state index in [2.05, 4.69) is 25.3 Å². The molecule has 3 aromatic rings. The number of halogens is 4. The van der Waals surface area contributed by atoms with Crippen LogP contribution < -0.4 is 15.4 Å². The predicted molar refractivity (Wildman–Crippen MR) is 142 cm³/mol. The maximum atomic E-state index is 13.1. The summed E-state index contributed by atoms with van der Waals surface area (Å²) < 4.78 is 65.2. The van der Waals surface area contributed by atoms with Gasteiger partial charge in [-0.15, -0.1) is 0 Å². The van der Waals surface area contributed by atoms with E-state index >= 15 is 0 Å². The summed E-state index contributed by atoms with van der Waals surface area (Å²) in [7, 11) is -3.53. The topological polar surface area (TPSA) is 116 Å². The molecule has 1 fully saturated rings. The van der Waals surface area contributed by atoms with Crippen LogP contribution in [0.1, 0.15) is 35.8 Å². The van der Waals surface area contributed by atoms with Crippen LogP contribution in [0, 0.1) is 0 Å². The van der Waals surface area contributed by atoms with E-state index in [1.165, 1.54) is 6.20 Å². The summed E-state index contributed by atoms with van der Waals surface area (Å²) in [5, 5.41) is 6.32. The monoisotopic (exact) mass is 580 g/mol. The molecule has 0 radical (unpaired) electrons. The van der Waals surface area contributed by atoms with Gasteiger partial charge < -0.3 is 15.5 Å². The molecule has 14 heteroatoms. The van der Waals surface area contributed by atoms with Gasteiger partial charge in [0.25, 0.3) is 0 Å². The molecule has 0 saturated carbocycles. The molecule has 2 aliphatic heterocycles. The lowest BCUT2D eigenvalue weighted by Gasteiger charge is -2.26. The van der Waals surface area contributed by atoms with E-state index in [0.29, 0.717) is 23.5 Å². The van der Waals surface area contributed by atoms with Gasteiger partial charge in [-0.1, -0.05) is 29.8 Å². The molecule has 3 heterocycles. The number of rotatable bonds is 6. The number of para-hydroxylation sites is 2. The summed E-state index contributed by atoms with van der Waals surface area (Å²) in [5.41, 5.74) is 3.21. The quantitative estimate of drug-likeness (QED) is 0.360. The lowest BCUT2D eigenvalue weighted by molar-refractivity contribution is -0.185. The highest BCUT2D eigenvalue weighted by molar-refractivity contribution is 7.92. The number of amides is 1. The number of alkyl halides is 3. The highest BCUT2D eigenvalue weighted by Crippen LogP contribution is 2.44. The SMILES string of the molecule is CS(=O)(=O)Nc1ccccc1Nc1nc(Nc2ccc3c(c2)C2CCC3CN(C(=O)C(F)(F)F)C2)ncc1Cl. The minimum absolute atomic E-state index is 0.0116. The van der Waals surface area contributed by atoms with Gasteiger partial charge in [0.2, 0.25) is 16.0 Å². The summed E-state index contributed by atoms with van der Waals surface area (Å²) in [6, 6.07) is 12.2. The van der Waals surface area contributed by atoms with Crippen molar-refractivity contribution in [2.24, 2.45) is 0 Å². The third-order valence-corrected chi connectivity index (χ3v) is 7.58. The van der Waals surface area contributed by atoms with Gasteiger partial charge in [-0.3, -0.25) is 9.52 Å². The number of benzene rings is 2. The average Bonchev–Trinajstić information content (AvgIpc) is 3.16. The first-order valence-electron chi connectivity index (χ1n) is 12.0. The van der Waals surface area contributed by atoms with Crippen molar-refractivity contribution in [1.82, 2.24) is 14.9 Å². The molecular formula is C25H24ClF3N6O3S. The van der Waals surface area contributed by atoms with Crippen LogP contribution in [0.15, 0.2) is 48.7 Å². The van der Waals surface area contributed by atoms with Crippen LogP contribution in [0.2, 0.25) is 5.02 Å². The first kappa shape index (κ1) is 27.0. The zero-order valence-electron chi connectivity index (χ0n) is 20.6. The van der Waals surface area contributed by atoms with Crippen LogP contribution in [0.4, 0.5) is 42.0 Å². The van der Waals surface area contributed by atoms with Crippen molar-refractivity contribution in [3.05, 3.63) is 64.8 Å². The largest absolute Gasteiger partial charge is 0.471 e. The first-order valence-corrected chi connectivity index (χ1v) is 14.3. The number of hydrogen-bond donors (Lipinski definition) is 3. The number of anilines is 5. The van der Waals surface area contributed by atoms with Gasteiger partial charge >= 0.3 is 12.1 Å². The second-order valence-electron chi connectivity index (χ2n) is 9.58. The van der Waals surface area contributed by atoms with Gasteiger partial charge in [-0.2, -0.15) is 18.2 Å². The molecule has 1 saturated heterocycles. The Kier molecular flexibility index (Phi) is 7.06. The molecule has 1 amide bonds. The van der Waals surface area contributed by atoms with Crippen molar-refractivity contribution >= 4 is 56.4 Å². The second kappa shape index (κ2) is 10.2. The molecule has 2 aromatic carbocycles. The van der Waals surface area contributed by atoms with Crippen molar-refractivity contribution in [3.63, 3.8) is 0 Å². The van der Waals surface area contributed by atoms with Gasteiger partial charge in [0.05, 0.1) is 23.8 Å². The summed E-state index contributed by atoms with van der Waals surface area (Å²) in [5.74, 6) is -1.75. The van der Waals surface area contributed by atoms with Crippen molar-refractivity contribution < 1.29 is 26.4 Å². The number of hydrogen-bond acceptors (Lipinski definition) is 7. The van der Waals surface area contributed by atoms with Gasteiger partial charge in [0.1, 0.15) is 5.02 Å². The van der Waals surface area contributed by atoms with Crippen LogP contribution in [0.3, 0.4) is 0 Å². The molecule has 3 N–H and O–H groups in total. The van der Waals surface area contributed by atoms with Crippen molar-refractivity contribution in [1.29, 1.82) is 0 Å². The fourth-order valence-corrected chi connectivity index (χ4v) is 5.79. The lowest BCUT2D eigenvalue weighted by Crippen LogP contribution is -2.42. The standard InChI is InChI=1S/C25H24ClF3N6O3S/c1-39(37,38)34-21-5-3-2-4-20(21)32-22-19(26)11-30-24(33-22)31-16-8-9-17-14-6-7-15(18(17)10-16)13-35(12-14)23(36)25(27,28)29/h2-5,8-11,14-15,34H,6-7,12-13H2,1H3,(H2,30,31,32,33). The van der Waals surface area contributed by atoms with E-state index in [4.69, 9.17) is 11.6 Å². The number of carbonyl (C=O) groups is 1. The fourth-order valence-electron chi connectivity index (χ4n) is 5.07. The Balaban J connectivity index is 1.37. The van der Waals surface area contributed by atoms with Gasteiger partial charge in [0.15, 0.2) is 5.82 Å². The van der Waals surface area contributed by atoms with Crippen molar-refractivity contribution in [3.8, 4) is 0 Å². The molecule has 2 unspecified atom stereocenters. The molecule has 1 aliphatic carbocycles. The van der Waals surface area contributed by atoms with Gasteiger partial charge in [0, 0.05) is 30.6 Å². The summed E-state index contributed by atoms with van der Waals surface area (Å²) in [6.07, 6.45) is -1.06. The molecular weight excluding hydrogens is 557 g/mol. The zero-order chi connectivity index (χ0) is 27.9. The number of aromatic nitrogens is 2. The van der Waals surface area contributed by atoms with Gasteiger partial charge in [-0.25, -0.2) is 13.4 Å². The number of carbonyl (C=O) groups excluding carboxylic acids is 1. The first-order chi connectivity index (χ1) is 18.4. The average molecular weight is 581 g/mol. The van der Waals surface area contributed by atoms with Crippen molar-refractivity contribution in [2.75, 3.05) is 34.7 Å². The minimum Gasteiger partial charge on any atom is -0.337 e. The third-order valence-electron chi connectivity index (χ3n) is 6.72. The van der Waals surface area contributed by atoms with E-state index in [1.807, 2.05) is 12.1 Å². The van der Waals surface area contributed by atoms with E-state index in [0.717, 1.165) is 28.7 Å². The molecule has 0 spiro atoms. The number of nitrogens with zero attached hydrogens (tertiary/aromatic N) is 3. The highest BCUT2D eigenvalue weighted by Gasteiger charge is 2.46. The van der Waals surface area contributed by atoms with E-state index in [9.17, 15) is 26.4 Å². The van der Waals surface area contributed by atoms with Crippen molar-refractivity contribution in [2.45, 2.75) is 30.9 Å². The van der Waals surface area contributed by atoms with Crippen LogP contribution in [0.5, 0.6) is 0 Å². The Bertz CT molecular complexity index is 1540. The predicted octanol–water partition coefficient (Wildman–Crippen LogP) is 5.35. The van der Waals surface area contributed by atoms with Gasteiger partial charge in [-0.05, 0) is 48.2 Å². The molecule has 2 bridgehead atoms. The maximum Gasteiger partial charge on any atom is 0.471 e. The molecule has 206 valence electrons. The van der Waals surface area contributed by atoms with E-state index in [1.54, 1.807) is 30.3 Å². The normalized spacial score (nSPS) is 18.7. The van der Waals surface area contributed by atoms with Crippen LogP contribution in [-0.2, 0) is 14.8 Å². The Hall–Kier alpha value is -3.58. The minimum atomic E-state index is -4.90. The van der Waals surface area contributed by atoms with Crippen LogP contribution in [0.25, 0.3) is 0 Å². The summed E-state index contributed by atoms with van der Waals surface area (Å²) in [4.78, 5) is 21.5. The summed E-state index contributed by atoms with van der Waals surface area (Å²) in [6.45, 7) is 0.0529. The summed E-state index contributed by atoms with van der Waals surface area (Å²) >= 11 is 6.30. The fraction of sp³-hybridized carbons (Fsp3) is 0.320. The van der Waals surface area contributed by atoms with Crippen LogP contribution in [-0.4, -0.2) is 54.7 Å². The molecule has 9 nitrogen and oxygen atoms in total. The molecule has 1 aromatic heterocycles. The molecule has 3 aliphatic rings. The highest BCUT2D eigenvalue weighted by atomic mass is 35.5. The molecule has 2 atom stereocenters. The Morgan fingerprint density at radius 2 is 1.69 bits per heavy atom. The van der Waals surface area contributed by atoms with E-state index < -0.39 is 22.1 Å². The second-order valence-corrected chi connectivity index (χ2v) is 11.7. The molecule has 6 rings (SSSR count). The van der Waals surface area contributed by atoms with Crippen LogP contribution >= 0.6 is 11.6 Å².